The third-order valence-corrected chi connectivity index (χ3v) is 7.58. The number of nitrogens with one attached hydrogen (secondary N) is 2. The van der Waals surface area contributed by atoms with Crippen molar-refractivity contribution in [3.8, 4) is 0 Å². The Bertz CT molecular complexity index is 1430. The van der Waals surface area contributed by atoms with E-state index >= 15 is 0 Å². The number of carbonyl (C=O) groups is 1. The maximum absolute atomic E-state index is 13.2. The highest BCUT2D eigenvalue weighted by atomic mass is 32.2. The second kappa shape index (κ2) is 10.5. The lowest BCUT2D eigenvalue weighted by molar-refractivity contribution is -0.137. The van der Waals surface area contributed by atoms with Crippen molar-refractivity contribution in [1.82, 2.24) is 5.32 Å². The number of amides is 1. The van der Waals surface area contributed by atoms with Gasteiger partial charge in [-0.05, 0) is 48.9 Å². The zero-order valence-electron chi connectivity index (χ0n) is 18.4. The van der Waals surface area contributed by atoms with Crippen LogP contribution in [0.1, 0.15) is 22.3 Å². The first-order valence-corrected chi connectivity index (χ1v) is 12.7. The summed E-state index contributed by atoms with van der Waals surface area (Å²) < 4.78 is 165. The van der Waals surface area contributed by atoms with Crippen LogP contribution in [0.5, 0.6) is 0 Å². The van der Waals surface area contributed by atoms with E-state index in [1.807, 2.05) is 5.32 Å². The average molecular weight is 598 g/mol. The van der Waals surface area contributed by atoms with Gasteiger partial charge in [-0.2, -0.15) is 39.5 Å². The molecule has 0 fully saturated rings. The van der Waals surface area contributed by atoms with Crippen LogP contribution in [0.3, 0.4) is 0 Å². The molecular weight excluding hydrogens is 583 g/mol. The number of hydrogen-bond acceptors (Lipinski definition) is 5. The van der Waals surface area contributed by atoms with Crippen LogP contribution < -0.4 is 10.0 Å². The second-order valence-corrected chi connectivity index (χ2v) is 11.0. The van der Waals surface area contributed by atoms with Gasteiger partial charge in [0.1, 0.15) is 0 Å². The van der Waals surface area contributed by atoms with E-state index in [1.165, 1.54) is 0 Å². The van der Waals surface area contributed by atoms with E-state index in [9.17, 15) is 61.1 Å². The minimum Gasteiger partial charge on any atom is -0.352 e. The first-order chi connectivity index (χ1) is 17.1. The number of benzene rings is 2. The highest BCUT2D eigenvalue weighted by Crippen LogP contribution is 2.34. The fraction of sp³-hybridized carbons (Fsp3) is 0.250. The van der Waals surface area contributed by atoms with Crippen LogP contribution in [0.15, 0.2) is 64.4 Å². The van der Waals surface area contributed by atoms with Gasteiger partial charge in [-0.1, -0.05) is 6.58 Å². The highest BCUT2D eigenvalue weighted by Gasteiger charge is 2.46. The number of sulfone groups is 1. The predicted octanol–water partition coefficient (Wildman–Crippen LogP) is 5.04. The summed E-state index contributed by atoms with van der Waals surface area (Å²) in [5.74, 6) is -1.27. The molecule has 0 unspecified atom stereocenters. The summed E-state index contributed by atoms with van der Waals surface area (Å²) in [6.45, 7) is 2.11. The Morgan fingerprint density at radius 1 is 0.816 bits per heavy atom. The molecule has 0 aliphatic carbocycles. The molecule has 7 nitrogen and oxygen atoms in total. The summed E-state index contributed by atoms with van der Waals surface area (Å²) >= 11 is 0. The molecule has 210 valence electrons. The maximum atomic E-state index is 13.2. The summed E-state index contributed by atoms with van der Waals surface area (Å²) in [7, 11) is -10.8. The smallest absolute Gasteiger partial charge is 0.352 e. The Labute approximate surface area is 209 Å². The molecule has 0 atom stereocenters. The number of sulfonamides is 1. The standard InChI is InChI=1S/C20H15F9N2O5S2/c1-11(18(21,22)23)8-9-30-17(32)15-7-2-12(19(24,25)26)10-16(15)31-38(35,36)14-5-3-13(4-6-14)37(33,34)20(27,28)29/h2-7,10,31H,1,8-9H2,(H,30,32). The summed E-state index contributed by atoms with van der Waals surface area (Å²) in [5.41, 5.74) is -10.1. The molecule has 0 spiro atoms. The van der Waals surface area contributed by atoms with Crippen LogP contribution in [0.25, 0.3) is 0 Å². The fourth-order valence-corrected chi connectivity index (χ4v) is 4.53. The average Bonchev–Trinajstić information content (AvgIpc) is 2.76. The number of halogens is 9. The summed E-state index contributed by atoms with van der Waals surface area (Å²) in [6.07, 6.45) is -10.6. The maximum Gasteiger partial charge on any atom is 0.501 e. The minimum atomic E-state index is -5.83. The number of anilines is 1. The van der Waals surface area contributed by atoms with Crippen LogP contribution in [0.4, 0.5) is 45.2 Å². The minimum absolute atomic E-state index is 0.212. The van der Waals surface area contributed by atoms with Gasteiger partial charge in [0.05, 0.1) is 26.6 Å². The first kappa shape index (κ1) is 30.9. The fourth-order valence-electron chi connectivity index (χ4n) is 2.70. The van der Waals surface area contributed by atoms with Crippen molar-refractivity contribution < 1.29 is 61.1 Å². The van der Waals surface area contributed by atoms with Crippen molar-refractivity contribution in [2.75, 3.05) is 11.3 Å². The van der Waals surface area contributed by atoms with E-state index in [1.54, 1.807) is 4.72 Å². The molecule has 38 heavy (non-hydrogen) atoms. The Morgan fingerprint density at radius 3 is 1.82 bits per heavy atom. The Morgan fingerprint density at radius 2 is 1.34 bits per heavy atom. The van der Waals surface area contributed by atoms with Crippen molar-refractivity contribution in [3.05, 3.63) is 65.7 Å². The van der Waals surface area contributed by atoms with Gasteiger partial charge in [-0.3, -0.25) is 9.52 Å². The lowest BCUT2D eigenvalue weighted by Gasteiger charge is -2.16. The lowest BCUT2D eigenvalue weighted by atomic mass is 10.1. The molecule has 0 saturated heterocycles. The largest absolute Gasteiger partial charge is 0.501 e. The van der Waals surface area contributed by atoms with E-state index in [4.69, 9.17) is 0 Å². The van der Waals surface area contributed by atoms with Gasteiger partial charge in [-0.25, -0.2) is 16.8 Å². The molecule has 0 radical (unpaired) electrons. The normalized spacial score (nSPS) is 13.2. The van der Waals surface area contributed by atoms with Crippen LogP contribution in [0, 0.1) is 0 Å². The van der Waals surface area contributed by atoms with E-state index in [2.05, 4.69) is 6.58 Å². The molecule has 2 rings (SSSR count). The van der Waals surface area contributed by atoms with Crippen molar-refractivity contribution >= 4 is 31.5 Å². The molecule has 0 aromatic heterocycles. The van der Waals surface area contributed by atoms with Crippen LogP contribution in [-0.2, 0) is 26.0 Å². The zero-order valence-corrected chi connectivity index (χ0v) is 20.1. The molecule has 0 heterocycles. The number of hydrogen-bond donors (Lipinski definition) is 2. The summed E-state index contributed by atoms with van der Waals surface area (Å²) in [5, 5.41) is 1.98. The van der Waals surface area contributed by atoms with Gasteiger partial charge in [0.2, 0.25) is 0 Å². The van der Waals surface area contributed by atoms with E-state index in [0.717, 1.165) is 0 Å². The molecule has 0 saturated carbocycles. The Hall–Kier alpha value is -3.28. The lowest BCUT2D eigenvalue weighted by Crippen LogP contribution is -2.28. The quantitative estimate of drug-likeness (QED) is 0.327. The van der Waals surface area contributed by atoms with E-state index < -0.39 is 88.8 Å². The number of carbonyl (C=O) groups excluding carboxylic acids is 1. The molecule has 2 N–H and O–H groups in total. The molecular formula is C20H15F9N2O5S2. The summed E-state index contributed by atoms with van der Waals surface area (Å²) in [4.78, 5) is 10.2. The van der Waals surface area contributed by atoms with Crippen LogP contribution in [0.2, 0.25) is 0 Å². The van der Waals surface area contributed by atoms with Gasteiger partial charge < -0.3 is 5.32 Å². The van der Waals surface area contributed by atoms with Crippen molar-refractivity contribution in [3.63, 3.8) is 0 Å². The van der Waals surface area contributed by atoms with Gasteiger partial charge >= 0.3 is 17.9 Å². The van der Waals surface area contributed by atoms with Gasteiger partial charge in [0.25, 0.3) is 25.8 Å². The SMILES string of the molecule is C=C(CCNC(=O)c1ccc(C(F)(F)F)cc1NS(=O)(=O)c1ccc(S(=O)(=O)C(F)(F)F)cc1)C(F)(F)F. The van der Waals surface area contributed by atoms with E-state index in [-0.39, 0.29) is 6.07 Å². The first-order valence-electron chi connectivity index (χ1n) is 9.76. The van der Waals surface area contributed by atoms with Crippen LogP contribution in [-0.4, -0.2) is 41.0 Å². The van der Waals surface area contributed by atoms with Gasteiger partial charge in [-0.15, -0.1) is 0 Å². The predicted molar refractivity (Wildman–Crippen MR) is 114 cm³/mol. The molecule has 1 amide bonds. The van der Waals surface area contributed by atoms with Crippen molar-refractivity contribution in [1.29, 1.82) is 0 Å². The topological polar surface area (TPSA) is 109 Å². The molecule has 0 aliphatic rings. The number of rotatable bonds is 8. The second-order valence-electron chi connectivity index (χ2n) is 7.39. The third kappa shape index (κ3) is 7.18. The molecule has 0 bridgehead atoms. The van der Waals surface area contributed by atoms with Crippen molar-refractivity contribution in [2.24, 2.45) is 0 Å². The van der Waals surface area contributed by atoms with Crippen molar-refractivity contribution in [2.45, 2.75) is 34.1 Å². The Kier molecular flexibility index (Phi) is 8.52. The van der Waals surface area contributed by atoms with Gasteiger partial charge in [0, 0.05) is 12.1 Å². The van der Waals surface area contributed by atoms with E-state index in [0.29, 0.717) is 36.4 Å². The Balaban J connectivity index is 2.40. The number of alkyl halides is 9. The summed E-state index contributed by atoms with van der Waals surface area (Å²) in [6, 6.07) is 2.61. The van der Waals surface area contributed by atoms with Gasteiger partial charge in [0.15, 0.2) is 0 Å². The zero-order chi connectivity index (χ0) is 29.3. The molecule has 18 heteroatoms. The highest BCUT2D eigenvalue weighted by molar-refractivity contribution is 7.93. The third-order valence-electron chi connectivity index (χ3n) is 4.70. The monoisotopic (exact) mass is 598 g/mol. The molecule has 2 aromatic carbocycles. The van der Waals surface area contributed by atoms with Crippen LogP contribution >= 0.6 is 0 Å². The molecule has 0 aliphatic heterocycles. The molecule has 2 aromatic rings.